The van der Waals surface area contributed by atoms with Crippen molar-refractivity contribution >= 4 is 10.0 Å². The molecule has 1 heterocycles. The van der Waals surface area contributed by atoms with E-state index < -0.39 is 10.0 Å². The molecule has 0 aromatic carbocycles. The minimum absolute atomic E-state index is 0.0853. The summed E-state index contributed by atoms with van der Waals surface area (Å²) in [6, 6.07) is 0.0513. The van der Waals surface area contributed by atoms with Crippen molar-refractivity contribution in [1.29, 1.82) is 0 Å². The Morgan fingerprint density at radius 3 is 2.65 bits per heavy atom. The molecule has 0 saturated carbocycles. The van der Waals surface area contributed by atoms with E-state index in [1.807, 2.05) is 20.8 Å². The molecule has 2 N–H and O–H groups in total. The summed E-state index contributed by atoms with van der Waals surface area (Å²) in [5.74, 6) is 0.349. The van der Waals surface area contributed by atoms with Crippen LogP contribution in [0.15, 0.2) is 0 Å². The molecule has 2 atom stereocenters. The summed E-state index contributed by atoms with van der Waals surface area (Å²) in [6.07, 6.45) is 0.835. The lowest BCUT2D eigenvalue weighted by molar-refractivity contribution is 0.191. The van der Waals surface area contributed by atoms with Crippen LogP contribution in [-0.2, 0) is 10.0 Å². The third-order valence-electron chi connectivity index (χ3n) is 3.29. The maximum atomic E-state index is 12.1. The van der Waals surface area contributed by atoms with Crippen LogP contribution in [0.5, 0.6) is 0 Å². The lowest BCUT2D eigenvalue weighted by Gasteiger charge is -2.24. The van der Waals surface area contributed by atoms with Crippen LogP contribution < -0.4 is 5.32 Å². The second kappa shape index (κ2) is 6.13. The highest BCUT2D eigenvalue weighted by Gasteiger charge is 2.37. The first-order valence-corrected chi connectivity index (χ1v) is 7.83. The number of aliphatic hydroxyl groups excluding tert-OH is 1. The molecule has 0 bridgehead atoms. The van der Waals surface area contributed by atoms with E-state index in [9.17, 15) is 13.5 Å². The highest BCUT2D eigenvalue weighted by Crippen LogP contribution is 2.26. The maximum Gasteiger partial charge on any atom is 0.215 e. The quantitative estimate of drug-likeness (QED) is 0.709. The molecule has 0 aliphatic carbocycles. The predicted octanol–water partition coefficient (Wildman–Crippen LogP) is 0.0169. The molecule has 5 nitrogen and oxygen atoms in total. The molecule has 2 unspecified atom stereocenters. The molecule has 0 aromatic rings. The van der Waals surface area contributed by atoms with Crippen LogP contribution in [0.4, 0.5) is 0 Å². The van der Waals surface area contributed by atoms with Crippen LogP contribution in [0, 0.1) is 5.92 Å². The Bertz CT molecular complexity index is 330. The van der Waals surface area contributed by atoms with Gasteiger partial charge in [0.2, 0.25) is 10.0 Å². The fourth-order valence-corrected chi connectivity index (χ4v) is 3.86. The van der Waals surface area contributed by atoms with Gasteiger partial charge in [0.05, 0.1) is 18.4 Å². The molecule has 17 heavy (non-hydrogen) atoms. The molecule has 1 aliphatic rings. The number of sulfonamides is 1. The Labute approximate surface area is 104 Å². The summed E-state index contributed by atoms with van der Waals surface area (Å²) in [5, 5.41) is 12.4. The molecule has 102 valence electrons. The first-order valence-electron chi connectivity index (χ1n) is 6.22. The van der Waals surface area contributed by atoms with E-state index in [-0.39, 0.29) is 30.4 Å². The number of aliphatic hydroxyl groups is 1. The molecule has 1 fully saturated rings. The molecule has 1 saturated heterocycles. The van der Waals surface area contributed by atoms with Gasteiger partial charge in [-0.3, -0.25) is 0 Å². The van der Waals surface area contributed by atoms with Gasteiger partial charge in [0.15, 0.2) is 0 Å². The van der Waals surface area contributed by atoms with Crippen LogP contribution in [0.3, 0.4) is 0 Å². The predicted molar refractivity (Wildman–Crippen MR) is 68.3 cm³/mol. The maximum absolute atomic E-state index is 12.1. The van der Waals surface area contributed by atoms with Crippen molar-refractivity contribution in [2.75, 3.05) is 25.4 Å². The van der Waals surface area contributed by atoms with Crippen molar-refractivity contribution in [3.05, 3.63) is 0 Å². The van der Waals surface area contributed by atoms with Gasteiger partial charge in [-0.2, -0.15) is 4.31 Å². The molecular weight excluding hydrogens is 240 g/mol. The monoisotopic (exact) mass is 264 g/mol. The average Bonchev–Trinajstić information content (AvgIpc) is 2.59. The Kier molecular flexibility index (Phi) is 5.37. The summed E-state index contributed by atoms with van der Waals surface area (Å²) >= 11 is 0. The Morgan fingerprint density at radius 2 is 2.12 bits per heavy atom. The van der Waals surface area contributed by atoms with E-state index in [0.29, 0.717) is 13.1 Å². The van der Waals surface area contributed by atoms with Gasteiger partial charge in [0, 0.05) is 19.1 Å². The van der Waals surface area contributed by atoms with Gasteiger partial charge in [-0.05, 0) is 12.3 Å². The van der Waals surface area contributed by atoms with Crippen molar-refractivity contribution < 1.29 is 13.5 Å². The Hall–Kier alpha value is -0.170. The Balaban J connectivity index is 2.58. The first-order chi connectivity index (χ1) is 7.88. The Morgan fingerprint density at radius 1 is 1.47 bits per heavy atom. The summed E-state index contributed by atoms with van der Waals surface area (Å²) in [4.78, 5) is 0. The molecule has 0 amide bonds. The second-order valence-corrected chi connectivity index (χ2v) is 7.09. The van der Waals surface area contributed by atoms with E-state index in [1.54, 1.807) is 0 Å². The lowest BCUT2D eigenvalue weighted by atomic mass is 10.0. The molecule has 1 aliphatic heterocycles. The molecule has 0 radical (unpaired) electrons. The molecule has 6 heteroatoms. The SMILES string of the molecule is CC(C)NCCS(=O)(=O)N1CCC(C)C1CO. The zero-order valence-corrected chi connectivity index (χ0v) is 11.7. The van der Waals surface area contributed by atoms with Crippen LogP contribution in [0.1, 0.15) is 27.2 Å². The number of nitrogens with zero attached hydrogens (tertiary/aromatic N) is 1. The first kappa shape index (κ1) is 14.9. The third-order valence-corrected chi connectivity index (χ3v) is 5.18. The fourth-order valence-electron chi connectivity index (χ4n) is 2.18. The van der Waals surface area contributed by atoms with Crippen molar-refractivity contribution in [2.24, 2.45) is 5.92 Å². The van der Waals surface area contributed by atoms with E-state index >= 15 is 0 Å². The number of nitrogens with one attached hydrogen (secondary N) is 1. The van der Waals surface area contributed by atoms with E-state index in [4.69, 9.17) is 0 Å². The summed E-state index contributed by atoms with van der Waals surface area (Å²) in [6.45, 7) is 6.88. The van der Waals surface area contributed by atoms with Crippen LogP contribution in [0.25, 0.3) is 0 Å². The number of hydrogen-bond donors (Lipinski definition) is 2. The zero-order valence-electron chi connectivity index (χ0n) is 10.9. The smallest absolute Gasteiger partial charge is 0.215 e. The third kappa shape index (κ3) is 3.91. The van der Waals surface area contributed by atoms with Gasteiger partial charge in [-0.15, -0.1) is 0 Å². The van der Waals surface area contributed by atoms with Crippen molar-refractivity contribution in [2.45, 2.75) is 39.3 Å². The lowest BCUT2D eigenvalue weighted by Crippen LogP contribution is -2.43. The van der Waals surface area contributed by atoms with E-state index in [2.05, 4.69) is 5.32 Å². The van der Waals surface area contributed by atoms with Gasteiger partial charge < -0.3 is 10.4 Å². The highest BCUT2D eigenvalue weighted by molar-refractivity contribution is 7.89. The minimum Gasteiger partial charge on any atom is -0.395 e. The standard InChI is InChI=1S/C11H24N2O3S/c1-9(2)12-5-7-17(15,16)13-6-4-10(3)11(13)8-14/h9-12,14H,4-8H2,1-3H3. The topological polar surface area (TPSA) is 69.6 Å². The van der Waals surface area contributed by atoms with Gasteiger partial charge in [0.25, 0.3) is 0 Å². The normalized spacial score (nSPS) is 26.9. The van der Waals surface area contributed by atoms with Gasteiger partial charge in [-0.1, -0.05) is 20.8 Å². The van der Waals surface area contributed by atoms with Gasteiger partial charge in [-0.25, -0.2) is 8.42 Å². The fraction of sp³-hybridized carbons (Fsp3) is 1.00. The highest BCUT2D eigenvalue weighted by atomic mass is 32.2. The van der Waals surface area contributed by atoms with E-state index in [1.165, 1.54) is 4.31 Å². The van der Waals surface area contributed by atoms with Crippen LogP contribution in [0.2, 0.25) is 0 Å². The van der Waals surface area contributed by atoms with Crippen LogP contribution in [-0.4, -0.2) is 55.4 Å². The average molecular weight is 264 g/mol. The molecule has 0 spiro atoms. The second-order valence-electron chi connectivity index (χ2n) is 5.05. The minimum atomic E-state index is -3.24. The largest absolute Gasteiger partial charge is 0.395 e. The van der Waals surface area contributed by atoms with E-state index in [0.717, 1.165) is 6.42 Å². The summed E-state index contributed by atoms with van der Waals surface area (Å²) in [5.41, 5.74) is 0. The van der Waals surface area contributed by atoms with Gasteiger partial charge in [0.1, 0.15) is 0 Å². The molecular formula is C11H24N2O3S. The van der Waals surface area contributed by atoms with Crippen molar-refractivity contribution in [3.63, 3.8) is 0 Å². The van der Waals surface area contributed by atoms with Crippen LogP contribution >= 0.6 is 0 Å². The number of hydrogen-bond acceptors (Lipinski definition) is 4. The summed E-state index contributed by atoms with van der Waals surface area (Å²) < 4.78 is 25.7. The molecule has 0 aromatic heterocycles. The number of rotatable bonds is 6. The molecule has 1 rings (SSSR count). The van der Waals surface area contributed by atoms with Gasteiger partial charge >= 0.3 is 0 Å². The van der Waals surface area contributed by atoms with Crippen molar-refractivity contribution in [3.8, 4) is 0 Å². The summed E-state index contributed by atoms with van der Waals surface area (Å²) in [7, 11) is -3.24. The zero-order chi connectivity index (χ0) is 13.1. The van der Waals surface area contributed by atoms with Crippen molar-refractivity contribution in [1.82, 2.24) is 9.62 Å².